The summed E-state index contributed by atoms with van der Waals surface area (Å²) in [6.07, 6.45) is 0.889. The monoisotopic (exact) mass is 295 g/mol. The third-order valence-electron chi connectivity index (χ3n) is 3.38. The van der Waals surface area contributed by atoms with Crippen LogP contribution in [-0.4, -0.2) is 38.7 Å². The van der Waals surface area contributed by atoms with Gasteiger partial charge in [-0.2, -0.15) is 0 Å². The fourth-order valence-corrected chi connectivity index (χ4v) is 3.89. The van der Waals surface area contributed by atoms with E-state index in [1.807, 2.05) is 24.3 Å². The van der Waals surface area contributed by atoms with Crippen LogP contribution in [0.2, 0.25) is 0 Å². The lowest BCUT2D eigenvalue weighted by Gasteiger charge is -2.29. The summed E-state index contributed by atoms with van der Waals surface area (Å²) in [5.41, 5.74) is 2.47. The van der Waals surface area contributed by atoms with Crippen LogP contribution in [-0.2, 0) is 26.8 Å². The predicted molar refractivity (Wildman–Crippen MR) is 76.0 cm³/mol. The van der Waals surface area contributed by atoms with Crippen molar-refractivity contribution in [3.05, 3.63) is 35.4 Å². The van der Waals surface area contributed by atoms with E-state index < -0.39 is 28.7 Å². The Morgan fingerprint density at radius 2 is 2.15 bits per heavy atom. The average molecular weight is 295 g/mol. The van der Waals surface area contributed by atoms with E-state index in [1.165, 1.54) is 18.1 Å². The van der Waals surface area contributed by atoms with E-state index in [1.54, 1.807) is 0 Å². The maximum absolute atomic E-state index is 12.0. The highest BCUT2D eigenvalue weighted by Crippen LogP contribution is 2.35. The van der Waals surface area contributed by atoms with Crippen LogP contribution in [0.4, 0.5) is 0 Å². The summed E-state index contributed by atoms with van der Waals surface area (Å²) in [5.74, 6) is -0.946. The molecule has 0 radical (unpaired) electrons. The molecule has 5 nitrogen and oxygen atoms in total. The smallest absolute Gasteiger partial charge is 0.327 e. The molecular formula is C14H17NO4S. The molecule has 1 aromatic rings. The molecule has 6 heteroatoms. The third kappa shape index (κ3) is 3.45. The number of amides is 1. The largest absolute Gasteiger partial charge is 0.480 e. The summed E-state index contributed by atoms with van der Waals surface area (Å²) in [7, 11) is -1.27. The highest BCUT2D eigenvalue weighted by molar-refractivity contribution is 7.85. The van der Waals surface area contributed by atoms with Crippen molar-refractivity contribution in [2.45, 2.75) is 25.3 Å². The van der Waals surface area contributed by atoms with Gasteiger partial charge in [0.05, 0.1) is 5.75 Å². The van der Waals surface area contributed by atoms with Gasteiger partial charge in [0.25, 0.3) is 0 Å². The second-order valence-corrected chi connectivity index (χ2v) is 6.51. The number of hydrogen-bond donors (Lipinski definition) is 2. The van der Waals surface area contributed by atoms with E-state index in [0.29, 0.717) is 5.75 Å². The number of benzene rings is 1. The number of nitrogens with one attached hydrogen (secondary N) is 1. The van der Waals surface area contributed by atoms with Crippen LogP contribution in [0.15, 0.2) is 24.3 Å². The maximum atomic E-state index is 12.0. The first-order chi connectivity index (χ1) is 9.47. The van der Waals surface area contributed by atoms with E-state index in [2.05, 4.69) is 5.32 Å². The Balaban J connectivity index is 1.90. The van der Waals surface area contributed by atoms with E-state index in [4.69, 9.17) is 5.11 Å². The Labute approximate surface area is 119 Å². The minimum atomic E-state index is -1.27. The zero-order chi connectivity index (χ0) is 14.7. The fraction of sp³-hybridized carbons (Fsp3) is 0.429. The lowest BCUT2D eigenvalue weighted by molar-refractivity contribution is -0.140. The number of carboxylic acid groups (broad SMARTS) is 1. The number of carboxylic acids is 1. The molecule has 108 valence electrons. The minimum Gasteiger partial charge on any atom is -0.480 e. The molecule has 1 amide bonds. The van der Waals surface area contributed by atoms with Gasteiger partial charge >= 0.3 is 5.97 Å². The van der Waals surface area contributed by atoms with Gasteiger partial charge in [-0.15, -0.1) is 0 Å². The quantitative estimate of drug-likeness (QED) is 0.808. The molecule has 0 fully saturated rings. The van der Waals surface area contributed by atoms with Crippen molar-refractivity contribution >= 4 is 22.7 Å². The summed E-state index contributed by atoms with van der Waals surface area (Å²) >= 11 is 0. The van der Waals surface area contributed by atoms with Crippen molar-refractivity contribution in [1.29, 1.82) is 0 Å². The van der Waals surface area contributed by atoms with Crippen molar-refractivity contribution in [3.8, 4) is 0 Å². The van der Waals surface area contributed by atoms with Gasteiger partial charge < -0.3 is 10.4 Å². The predicted octanol–water partition coefficient (Wildman–Crippen LogP) is 0.664. The van der Waals surface area contributed by atoms with E-state index in [9.17, 15) is 13.8 Å². The molecule has 0 bridgehead atoms. The summed E-state index contributed by atoms with van der Waals surface area (Å²) in [5, 5.41) is 11.3. The van der Waals surface area contributed by atoms with Crippen LogP contribution in [0.5, 0.6) is 0 Å². The fourth-order valence-electron chi connectivity index (χ4n) is 2.41. The van der Waals surface area contributed by atoms with E-state index in [-0.39, 0.29) is 11.7 Å². The van der Waals surface area contributed by atoms with Crippen LogP contribution in [0, 0.1) is 0 Å². The van der Waals surface area contributed by atoms with Crippen LogP contribution in [0.3, 0.4) is 0 Å². The lowest BCUT2D eigenvalue weighted by Crippen LogP contribution is -2.44. The summed E-state index contributed by atoms with van der Waals surface area (Å²) in [6.45, 7) is 1.25. The van der Waals surface area contributed by atoms with Crippen LogP contribution in [0.1, 0.15) is 24.0 Å². The van der Waals surface area contributed by atoms with Crippen molar-refractivity contribution in [2.75, 3.05) is 11.5 Å². The molecule has 3 unspecified atom stereocenters. The molecule has 1 aliphatic rings. The highest BCUT2D eigenvalue weighted by Gasteiger charge is 2.29. The zero-order valence-corrected chi connectivity index (χ0v) is 12.0. The first kappa shape index (κ1) is 14.7. The Morgan fingerprint density at radius 3 is 2.75 bits per heavy atom. The Hall–Kier alpha value is -1.69. The molecule has 3 atom stereocenters. The van der Waals surface area contributed by atoms with Gasteiger partial charge in [-0.1, -0.05) is 24.3 Å². The Morgan fingerprint density at radius 1 is 1.45 bits per heavy atom. The van der Waals surface area contributed by atoms with Gasteiger partial charge in [-0.3, -0.25) is 9.00 Å². The first-order valence-corrected chi connectivity index (χ1v) is 7.89. The average Bonchev–Trinajstić information content (AvgIpc) is 2.34. The topological polar surface area (TPSA) is 83.5 Å². The van der Waals surface area contributed by atoms with Crippen molar-refractivity contribution < 1.29 is 18.9 Å². The Kier molecular flexibility index (Phi) is 4.54. The number of carbonyl (C=O) groups excluding carboxylic acids is 1. The SMILES string of the molecule is CC(=O)NC(CS(=O)CC1Cc2ccccc21)C(=O)O. The maximum Gasteiger partial charge on any atom is 0.327 e. The van der Waals surface area contributed by atoms with Gasteiger partial charge in [-0.25, -0.2) is 4.79 Å². The standard InChI is InChI=1S/C14H17NO4S/c1-9(16)15-13(14(17)18)8-20(19)7-11-6-10-4-2-3-5-12(10)11/h2-5,11,13H,6-8H2,1H3,(H,15,16)(H,17,18). The Bertz CT molecular complexity index is 558. The van der Waals surface area contributed by atoms with Crippen molar-refractivity contribution in [3.63, 3.8) is 0 Å². The molecule has 0 spiro atoms. The molecule has 0 aromatic heterocycles. The number of hydrogen-bond acceptors (Lipinski definition) is 3. The molecule has 0 saturated heterocycles. The molecular weight excluding hydrogens is 278 g/mol. The van der Waals surface area contributed by atoms with E-state index in [0.717, 1.165) is 6.42 Å². The van der Waals surface area contributed by atoms with Crippen LogP contribution in [0.25, 0.3) is 0 Å². The molecule has 1 aliphatic carbocycles. The van der Waals surface area contributed by atoms with Gasteiger partial charge in [0.2, 0.25) is 5.91 Å². The molecule has 0 saturated carbocycles. The lowest BCUT2D eigenvalue weighted by atomic mass is 9.79. The van der Waals surface area contributed by atoms with Crippen LogP contribution >= 0.6 is 0 Å². The highest BCUT2D eigenvalue weighted by atomic mass is 32.2. The molecule has 1 aromatic carbocycles. The van der Waals surface area contributed by atoms with Crippen LogP contribution < -0.4 is 5.32 Å². The van der Waals surface area contributed by atoms with Gasteiger partial charge in [0, 0.05) is 23.5 Å². The second-order valence-electron chi connectivity index (χ2n) is 4.96. The second kappa shape index (κ2) is 6.17. The summed E-state index contributed by atoms with van der Waals surface area (Å²) in [4.78, 5) is 21.9. The zero-order valence-electron chi connectivity index (χ0n) is 11.2. The summed E-state index contributed by atoms with van der Waals surface area (Å²) in [6, 6.07) is 6.91. The minimum absolute atomic E-state index is 0.0480. The molecule has 2 N–H and O–H groups in total. The molecule has 2 rings (SSSR count). The van der Waals surface area contributed by atoms with Gasteiger partial charge in [0.15, 0.2) is 0 Å². The number of fused-ring (bicyclic) bond motifs is 1. The first-order valence-electron chi connectivity index (χ1n) is 6.40. The van der Waals surface area contributed by atoms with Crippen molar-refractivity contribution in [2.24, 2.45) is 0 Å². The van der Waals surface area contributed by atoms with Gasteiger partial charge in [0.1, 0.15) is 6.04 Å². The van der Waals surface area contributed by atoms with E-state index >= 15 is 0 Å². The van der Waals surface area contributed by atoms with Gasteiger partial charge in [-0.05, 0) is 23.5 Å². The normalized spacial score (nSPS) is 19.4. The molecule has 0 heterocycles. The molecule has 20 heavy (non-hydrogen) atoms. The molecule has 0 aliphatic heterocycles. The number of rotatable bonds is 6. The van der Waals surface area contributed by atoms with Crippen molar-refractivity contribution in [1.82, 2.24) is 5.32 Å². The number of carbonyl (C=O) groups is 2. The summed E-state index contributed by atoms with van der Waals surface area (Å²) < 4.78 is 12.0. The number of aliphatic carboxylic acids is 1. The third-order valence-corrected chi connectivity index (χ3v) is 4.86.